The largest absolute Gasteiger partial charge is 0.324 e. The molecule has 0 spiro atoms. The minimum atomic E-state index is -3.50. The maximum absolute atomic E-state index is 12.2. The quantitative estimate of drug-likeness (QED) is 0.799. The summed E-state index contributed by atoms with van der Waals surface area (Å²) >= 11 is 0. The standard InChI is InChI=1S/C13H23N3O2S.ClH/c1-4-16(10-12-8-6-5-7-9-12)19(17,18)15-11-13(2,3)14;/h5-9,15H,4,10-11,14H2,1-3H3;1H. The van der Waals surface area contributed by atoms with Gasteiger partial charge in [-0.25, -0.2) is 4.72 Å². The number of benzene rings is 1. The molecule has 0 radical (unpaired) electrons. The Balaban J connectivity index is 0.00000361. The molecule has 1 aromatic rings. The molecule has 0 aromatic heterocycles. The number of nitrogens with one attached hydrogen (secondary N) is 1. The van der Waals surface area contributed by atoms with Crippen LogP contribution in [0.4, 0.5) is 0 Å². The van der Waals surface area contributed by atoms with Crippen LogP contribution in [0.15, 0.2) is 30.3 Å². The third-order valence-corrected chi connectivity index (χ3v) is 4.18. The van der Waals surface area contributed by atoms with Gasteiger partial charge in [0.05, 0.1) is 0 Å². The lowest BCUT2D eigenvalue weighted by atomic mass is 10.1. The fourth-order valence-electron chi connectivity index (χ4n) is 1.52. The minimum absolute atomic E-state index is 0. The van der Waals surface area contributed by atoms with E-state index in [9.17, 15) is 8.42 Å². The van der Waals surface area contributed by atoms with E-state index in [2.05, 4.69) is 4.72 Å². The summed E-state index contributed by atoms with van der Waals surface area (Å²) in [7, 11) is -3.50. The fourth-order valence-corrected chi connectivity index (χ4v) is 2.92. The summed E-state index contributed by atoms with van der Waals surface area (Å²) < 4.78 is 28.3. The highest BCUT2D eigenvalue weighted by atomic mass is 35.5. The Morgan fingerprint density at radius 2 is 1.80 bits per heavy atom. The van der Waals surface area contributed by atoms with Crippen LogP contribution in [-0.4, -0.2) is 31.4 Å². The second-order valence-corrected chi connectivity index (χ2v) is 6.98. The van der Waals surface area contributed by atoms with Crippen molar-refractivity contribution in [2.24, 2.45) is 5.73 Å². The molecule has 0 heterocycles. The van der Waals surface area contributed by atoms with E-state index in [1.54, 1.807) is 13.8 Å². The molecule has 0 bridgehead atoms. The number of hydrogen-bond acceptors (Lipinski definition) is 3. The second-order valence-electron chi connectivity index (χ2n) is 5.23. The molecule has 7 heteroatoms. The molecule has 0 saturated heterocycles. The molecule has 0 aliphatic carbocycles. The second kappa shape index (κ2) is 7.95. The zero-order valence-corrected chi connectivity index (χ0v) is 13.8. The van der Waals surface area contributed by atoms with Crippen molar-refractivity contribution in [1.82, 2.24) is 9.03 Å². The van der Waals surface area contributed by atoms with Crippen LogP contribution in [0.1, 0.15) is 26.3 Å². The van der Waals surface area contributed by atoms with Crippen molar-refractivity contribution in [3.63, 3.8) is 0 Å². The van der Waals surface area contributed by atoms with Gasteiger partial charge in [-0.2, -0.15) is 12.7 Å². The van der Waals surface area contributed by atoms with E-state index in [0.717, 1.165) is 5.56 Å². The Kier molecular flexibility index (Phi) is 7.69. The molecular weight excluding hydrogens is 298 g/mol. The lowest BCUT2D eigenvalue weighted by Gasteiger charge is -2.24. The molecule has 1 rings (SSSR count). The minimum Gasteiger partial charge on any atom is -0.324 e. The molecule has 3 N–H and O–H groups in total. The number of halogens is 1. The topological polar surface area (TPSA) is 75.4 Å². The van der Waals surface area contributed by atoms with Gasteiger partial charge in [0, 0.05) is 25.2 Å². The predicted molar refractivity (Wildman–Crippen MR) is 85.0 cm³/mol. The zero-order valence-electron chi connectivity index (χ0n) is 12.2. The third-order valence-electron chi connectivity index (χ3n) is 2.60. The van der Waals surface area contributed by atoms with Crippen molar-refractivity contribution in [2.75, 3.05) is 13.1 Å². The average Bonchev–Trinajstić information content (AvgIpc) is 2.34. The van der Waals surface area contributed by atoms with Crippen LogP contribution < -0.4 is 10.5 Å². The van der Waals surface area contributed by atoms with E-state index in [-0.39, 0.29) is 19.0 Å². The van der Waals surface area contributed by atoms with E-state index in [1.807, 2.05) is 37.3 Å². The summed E-state index contributed by atoms with van der Waals surface area (Å²) in [5.41, 5.74) is 6.18. The molecule has 0 aliphatic heterocycles. The van der Waals surface area contributed by atoms with E-state index in [0.29, 0.717) is 13.1 Å². The van der Waals surface area contributed by atoms with E-state index >= 15 is 0 Å². The lowest BCUT2D eigenvalue weighted by Crippen LogP contribution is -2.49. The van der Waals surface area contributed by atoms with E-state index < -0.39 is 15.7 Å². The van der Waals surface area contributed by atoms with Crippen molar-refractivity contribution in [1.29, 1.82) is 0 Å². The normalized spacial score (nSPS) is 12.2. The first-order valence-corrected chi connectivity index (χ1v) is 7.76. The van der Waals surface area contributed by atoms with Crippen molar-refractivity contribution < 1.29 is 8.42 Å². The van der Waals surface area contributed by atoms with Crippen molar-refractivity contribution in [3.8, 4) is 0 Å². The van der Waals surface area contributed by atoms with Gasteiger partial charge in [-0.15, -0.1) is 12.4 Å². The van der Waals surface area contributed by atoms with E-state index in [4.69, 9.17) is 5.73 Å². The van der Waals surface area contributed by atoms with Crippen molar-refractivity contribution >= 4 is 22.6 Å². The summed E-state index contributed by atoms with van der Waals surface area (Å²) in [5, 5.41) is 0. The van der Waals surface area contributed by atoms with Gasteiger partial charge in [0.2, 0.25) is 0 Å². The van der Waals surface area contributed by atoms with Crippen molar-refractivity contribution in [3.05, 3.63) is 35.9 Å². The van der Waals surface area contributed by atoms with Crippen LogP contribution in [0.5, 0.6) is 0 Å². The van der Waals surface area contributed by atoms with Crippen LogP contribution in [-0.2, 0) is 16.8 Å². The first-order valence-electron chi connectivity index (χ1n) is 6.32. The highest BCUT2D eigenvalue weighted by Gasteiger charge is 2.22. The highest BCUT2D eigenvalue weighted by Crippen LogP contribution is 2.08. The van der Waals surface area contributed by atoms with Gasteiger partial charge >= 0.3 is 0 Å². The predicted octanol–water partition coefficient (Wildman–Crippen LogP) is 1.50. The molecule has 0 atom stereocenters. The highest BCUT2D eigenvalue weighted by molar-refractivity contribution is 7.87. The van der Waals surface area contributed by atoms with Gasteiger partial charge in [0.25, 0.3) is 10.2 Å². The smallest absolute Gasteiger partial charge is 0.279 e. The Morgan fingerprint density at radius 1 is 1.25 bits per heavy atom. The fraction of sp³-hybridized carbons (Fsp3) is 0.538. The van der Waals surface area contributed by atoms with Crippen molar-refractivity contribution in [2.45, 2.75) is 32.9 Å². The summed E-state index contributed by atoms with van der Waals surface area (Å²) in [6.07, 6.45) is 0. The molecule has 0 saturated carbocycles. The molecule has 0 amide bonds. The van der Waals surface area contributed by atoms with Crippen LogP contribution in [0.25, 0.3) is 0 Å². The van der Waals surface area contributed by atoms with Gasteiger partial charge in [0.15, 0.2) is 0 Å². The monoisotopic (exact) mass is 321 g/mol. The van der Waals surface area contributed by atoms with Crippen LogP contribution in [0, 0.1) is 0 Å². The Morgan fingerprint density at radius 3 is 2.25 bits per heavy atom. The molecule has 0 fully saturated rings. The van der Waals surface area contributed by atoms with Crippen LogP contribution in [0.2, 0.25) is 0 Å². The maximum atomic E-state index is 12.2. The van der Waals surface area contributed by atoms with Crippen LogP contribution >= 0.6 is 12.4 Å². The maximum Gasteiger partial charge on any atom is 0.279 e. The molecular formula is C13H24ClN3O2S. The van der Waals surface area contributed by atoms with Gasteiger partial charge in [-0.1, -0.05) is 37.3 Å². The summed E-state index contributed by atoms with van der Waals surface area (Å²) in [4.78, 5) is 0. The Labute approximate surface area is 128 Å². The molecule has 20 heavy (non-hydrogen) atoms. The Hall–Kier alpha value is -0.660. The molecule has 0 aliphatic rings. The number of nitrogens with zero attached hydrogens (tertiary/aromatic N) is 1. The third kappa shape index (κ3) is 6.67. The molecule has 1 aromatic carbocycles. The molecule has 0 unspecified atom stereocenters. The van der Waals surface area contributed by atoms with Gasteiger partial charge in [0.1, 0.15) is 0 Å². The first kappa shape index (κ1) is 19.3. The zero-order chi connectivity index (χ0) is 14.5. The number of nitrogens with two attached hydrogens (primary N) is 1. The summed E-state index contributed by atoms with van der Waals surface area (Å²) in [6, 6.07) is 9.51. The van der Waals surface area contributed by atoms with Gasteiger partial charge in [-0.05, 0) is 19.4 Å². The SMILES string of the molecule is CCN(Cc1ccccc1)S(=O)(=O)NCC(C)(C)N.Cl. The van der Waals surface area contributed by atoms with E-state index in [1.165, 1.54) is 4.31 Å². The summed E-state index contributed by atoms with van der Waals surface area (Å²) in [5.74, 6) is 0. The lowest BCUT2D eigenvalue weighted by molar-refractivity contribution is 0.404. The Bertz CT molecular complexity index is 486. The van der Waals surface area contributed by atoms with Gasteiger partial charge in [-0.3, -0.25) is 0 Å². The molecule has 5 nitrogen and oxygen atoms in total. The molecule has 116 valence electrons. The summed E-state index contributed by atoms with van der Waals surface area (Å²) in [6.45, 7) is 6.36. The average molecular weight is 322 g/mol. The van der Waals surface area contributed by atoms with Crippen LogP contribution in [0.3, 0.4) is 0 Å². The first-order chi connectivity index (χ1) is 8.74. The van der Waals surface area contributed by atoms with Gasteiger partial charge < -0.3 is 5.73 Å². The number of hydrogen-bond donors (Lipinski definition) is 2. The number of rotatable bonds is 7.